The number of hydrogen-bond acceptors (Lipinski definition) is 5. The van der Waals surface area contributed by atoms with E-state index in [1.807, 2.05) is 0 Å². The number of anilines is 1. The van der Waals surface area contributed by atoms with E-state index < -0.39 is 35.1 Å². The Hall–Kier alpha value is -4.20. The zero-order chi connectivity index (χ0) is 23.0. The summed E-state index contributed by atoms with van der Waals surface area (Å²) in [4.78, 5) is 26.8. The first-order valence-corrected chi connectivity index (χ1v) is 9.51. The Bertz CT molecular complexity index is 1250. The predicted molar refractivity (Wildman–Crippen MR) is 112 cm³/mol. The molecule has 1 atom stereocenters. The molecular weight excluding hydrogens is 420 g/mol. The molecule has 1 heterocycles. The number of rotatable bonds is 4. The SMILES string of the molecule is COc1cccc(/C(O)=C2\C(=O)C(=O)N(c3ccc(F)cc3F)C2c2ccc(O)cc2)c1. The van der Waals surface area contributed by atoms with Gasteiger partial charge in [0.25, 0.3) is 11.7 Å². The number of phenolic OH excluding ortho intramolecular Hbond substituents is 1. The minimum Gasteiger partial charge on any atom is -0.508 e. The van der Waals surface area contributed by atoms with Crippen LogP contribution in [0, 0.1) is 11.6 Å². The van der Waals surface area contributed by atoms with Crippen molar-refractivity contribution >= 4 is 23.1 Å². The number of ketones is 1. The summed E-state index contributed by atoms with van der Waals surface area (Å²) in [5.41, 5.74) is -0.0604. The highest BCUT2D eigenvalue weighted by Crippen LogP contribution is 2.43. The number of benzene rings is 3. The number of Topliss-reactive ketones (excluding diaryl/α,β-unsaturated/α-hetero) is 1. The number of aliphatic hydroxyl groups excluding tert-OH is 1. The zero-order valence-electron chi connectivity index (χ0n) is 16.8. The molecule has 0 radical (unpaired) electrons. The van der Waals surface area contributed by atoms with Gasteiger partial charge in [-0.05, 0) is 42.0 Å². The molecule has 32 heavy (non-hydrogen) atoms. The maximum Gasteiger partial charge on any atom is 0.300 e. The number of aliphatic hydroxyl groups is 1. The van der Waals surface area contributed by atoms with Gasteiger partial charge in [-0.3, -0.25) is 14.5 Å². The summed E-state index contributed by atoms with van der Waals surface area (Å²) in [7, 11) is 1.44. The van der Waals surface area contributed by atoms with Gasteiger partial charge < -0.3 is 14.9 Å². The second-order valence-electron chi connectivity index (χ2n) is 7.09. The molecule has 1 aliphatic rings. The molecule has 0 aliphatic carbocycles. The first kappa shape index (κ1) is 21.0. The fourth-order valence-electron chi connectivity index (χ4n) is 3.66. The van der Waals surface area contributed by atoms with E-state index in [4.69, 9.17) is 4.74 Å². The standard InChI is InChI=1S/C24H17F2NO5/c1-32-17-4-2-3-14(11-17)22(29)20-21(13-5-8-16(28)9-6-13)27(24(31)23(20)30)19-10-7-15(25)12-18(19)26/h2-12,21,28-29H,1H3/b22-20+. The second kappa shape index (κ2) is 8.14. The van der Waals surface area contributed by atoms with E-state index in [1.165, 1.54) is 43.5 Å². The lowest BCUT2D eigenvalue weighted by Crippen LogP contribution is -2.30. The highest BCUT2D eigenvalue weighted by molar-refractivity contribution is 6.51. The monoisotopic (exact) mass is 437 g/mol. The lowest BCUT2D eigenvalue weighted by molar-refractivity contribution is -0.132. The third kappa shape index (κ3) is 3.56. The smallest absolute Gasteiger partial charge is 0.300 e. The van der Waals surface area contributed by atoms with Gasteiger partial charge in [0.05, 0.1) is 24.4 Å². The van der Waals surface area contributed by atoms with E-state index in [0.29, 0.717) is 17.4 Å². The molecule has 0 aromatic heterocycles. The van der Waals surface area contributed by atoms with Crippen molar-refractivity contribution in [1.29, 1.82) is 0 Å². The highest BCUT2D eigenvalue weighted by Gasteiger charge is 2.47. The summed E-state index contributed by atoms with van der Waals surface area (Å²) in [6, 6.07) is 13.2. The van der Waals surface area contributed by atoms with Crippen LogP contribution in [0.3, 0.4) is 0 Å². The number of phenols is 1. The van der Waals surface area contributed by atoms with Gasteiger partial charge >= 0.3 is 0 Å². The Balaban J connectivity index is 1.96. The van der Waals surface area contributed by atoms with Crippen LogP contribution in [-0.2, 0) is 9.59 Å². The minimum absolute atomic E-state index is 0.0635. The van der Waals surface area contributed by atoms with Crippen molar-refractivity contribution in [3.8, 4) is 11.5 Å². The number of halogens is 2. The van der Waals surface area contributed by atoms with Crippen LogP contribution in [0.4, 0.5) is 14.5 Å². The fraction of sp³-hybridized carbons (Fsp3) is 0.0833. The number of nitrogens with zero attached hydrogens (tertiary/aromatic N) is 1. The van der Waals surface area contributed by atoms with Gasteiger partial charge in [0, 0.05) is 11.6 Å². The van der Waals surface area contributed by atoms with Crippen molar-refractivity contribution in [2.24, 2.45) is 0 Å². The van der Waals surface area contributed by atoms with Crippen molar-refractivity contribution in [3.63, 3.8) is 0 Å². The molecule has 6 nitrogen and oxygen atoms in total. The van der Waals surface area contributed by atoms with Crippen LogP contribution in [0.15, 0.2) is 72.3 Å². The Kier molecular flexibility index (Phi) is 5.36. The minimum atomic E-state index is -1.22. The van der Waals surface area contributed by atoms with Crippen LogP contribution in [0.5, 0.6) is 11.5 Å². The quantitative estimate of drug-likeness (QED) is 0.361. The maximum absolute atomic E-state index is 14.6. The summed E-state index contributed by atoms with van der Waals surface area (Å²) in [5.74, 6) is -4.14. The number of aromatic hydroxyl groups is 1. The van der Waals surface area contributed by atoms with E-state index in [-0.39, 0.29) is 22.6 Å². The normalized spacial score (nSPS) is 17.6. The summed E-state index contributed by atoms with van der Waals surface area (Å²) >= 11 is 0. The number of carbonyl (C=O) groups is 2. The molecule has 1 saturated heterocycles. The molecule has 8 heteroatoms. The van der Waals surface area contributed by atoms with Crippen LogP contribution in [0.2, 0.25) is 0 Å². The molecule has 3 aromatic rings. The van der Waals surface area contributed by atoms with Gasteiger partial charge in [0.15, 0.2) is 0 Å². The van der Waals surface area contributed by atoms with Gasteiger partial charge in [0.2, 0.25) is 0 Å². The van der Waals surface area contributed by atoms with E-state index >= 15 is 0 Å². The Morgan fingerprint density at radius 2 is 1.72 bits per heavy atom. The van der Waals surface area contributed by atoms with Crippen LogP contribution in [0.25, 0.3) is 5.76 Å². The first-order chi connectivity index (χ1) is 15.3. The van der Waals surface area contributed by atoms with Crippen LogP contribution in [-0.4, -0.2) is 29.0 Å². The molecule has 1 unspecified atom stereocenters. The summed E-state index contributed by atoms with van der Waals surface area (Å²) in [6.07, 6.45) is 0. The molecule has 3 aromatic carbocycles. The molecule has 1 amide bonds. The summed E-state index contributed by atoms with van der Waals surface area (Å²) < 4.78 is 33.2. The van der Waals surface area contributed by atoms with Crippen molar-refractivity contribution in [2.75, 3.05) is 12.0 Å². The molecule has 0 saturated carbocycles. The van der Waals surface area contributed by atoms with Crippen molar-refractivity contribution in [1.82, 2.24) is 0 Å². The third-order valence-corrected chi connectivity index (χ3v) is 5.17. The van der Waals surface area contributed by atoms with E-state index in [9.17, 15) is 28.6 Å². The average Bonchev–Trinajstić information content (AvgIpc) is 3.04. The molecule has 162 valence electrons. The van der Waals surface area contributed by atoms with Crippen LogP contribution >= 0.6 is 0 Å². The number of methoxy groups -OCH3 is 1. The second-order valence-corrected chi connectivity index (χ2v) is 7.09. The Morgan fingerprint density at radius 1 is 1.00 bits per heavy atom. The fourth-order valence-corrected chi connectivity index (χ4v) is 3.66. The van der Waals surface area contributed by atoms with Gasteiger partial charge in [0.1, 0.15) is 28.9 Å². The number of ether oxygens (including phenoxy) is 1. The Morgan fingerprint density at radius 3 is 2.38 bits per heavy atom. The van der Waals surface area contributed by atoms with Crippen molar-refractivity contribution < 1.29 is 33.3 Å². The molecular formula is C24H17F2NO5. The van der Waals surface area contributed by atoms with Crippen molar-refractivity contribution in [3.05, 3.63) is 95.1 Å². The van der Waals surface area contributed by atoms with Crippen LogP contribution in [0.1, 0.15) is 17.2 Å². The molecule has 2 N–H and O–H groups in total. The van der Waals surface area contributed by atoms with Gasteiger partial charge in [-0.1, -0.05) is 24.3 Å². The van der Waals surface area contributed by atoms with Gasteiger partial charge in [-0.25, -0.2) is 8.78 Å². The summed E-state index contributed by atoms with van der Waals surface area (Å²) in [5, 5.41) is 20.7. The number of hydrogen-bond donors (Lipinski definition) is 2. The molecule has 1 aliphatic heterocycles. The first-order valence-electron chi connectivity index (χ1n) is 9.51. The highest BCUT2D eigenvalue weighted by atomic mass is 19.1. The van der Waals surface area contributed by atoms with E-state index in [0.717, 1.165) is 17.0 Å². The maximum atomic E-state index is 14.6. The summed E-state index contributed by atoms with van der Waals surface area (Å²) in [6.45, 7) is 0. The van der Waals surface area contributed by atoms with Crippen LogP contribution < -0.4 is 9.64 Å². The topological polar surface area (TPSA) is 87.1 Å². The Labute approximate surface area is 181 Å². The zero-order valence-corrected chi connectivity index (χ0v) is 16.8. The lowest BCUT2D eigenvalue weighted by atomic mass is 9.95. The largest absolute Gasteiger partial charge is 0.508 e. The molecule has 0 bridgehead atoms. The number of carbonyl (C=O) groups excluding carboxylic acids is 2. The predicted octanol–water partition coefficient (Wildman–Crippen LogP) is 4.31. The van der Waals surface area contributed by atoms with Crippen molar-refractivity contribution in [2.45, 2.75) is 6.04 Å². The third-order valence-electron chi connectivity index (χ3n) is 5.17. The average molecular weight is 437 g/mol. The lowest BCUT2D eigenvalue weighted by Gasteiger charge is -2.25. The van der Waals surface area contributed by atoms with Gasteiger partial charge in [-0.15, -0.1) is 0 Å². The van der Waals surface area contributed by atoms with E-state index in [2.05, 4.69) is 0 Å². The number of amides is 1. The molecule has 0 spiro atoms. The molecule has 4 rings (SSSR count). The molecule has 1 fully saturated rings. The van der Waals surface area contributed by atoms with Gasteiger partial charge in [-0.2, -0.15) is 0 Å². The van der Waals surface area contributed by atoms with E-state index in [1.54, 1.807) is 12.1 Å².